The Labute approximate surface area is 120 Å². The second-order valence-electron chi connectivity index (χ2n) is 5.03. The van der Waals surface area contributed by atoms with E-state index >= 15 is 0 Å². The molecule has 104 valence electrons. The predicted octanol–water partition coefficient (Wildman–Crippen LogP) is 3.52. The monoisotopic (exact) mass is 268 g/mol. The lowest BCUT2D eigenvalue weighted by molar-refractivity contribution is 0.409. The van der Waals surface area contributed by atoms with Crippen LogP contribution in [0.1, 0.15) is 12.0 Å². The molecular weight excluding hydrogens is 248 g/mol. The number of anilines is 2. The van der Waals surface area contributed by atoms with Crippen LogP contribution in [-0.4, -0.2) is 20.2 Å². The molecule has 2 aromatic rings. The molecule has 1 aliphatic heterocycles. The molecule has 0 atom stereocenters. The van der Waals surface area contributed by atoms with Gasteiger partial charge in [0.2, 0.25) is 0 Å². The van der Waals surface area contributed by atoms with Gasteiger partial charge < -0.3 is 15.0 Å². The summed E-state index contributed by atoms with van der Waals surface area (Å²) in [7, 11) is 1.73. The van der Waals surface area contributed by atoms with E-state index in [9.17, 15) is 0 Å². The third-order valence-corrected chi connectivity index (χ3v) is 3.72. The molecule has 0 amide bonds. The van der Waals surface area contributed by atoms with Gasteiger partial charge in [-0.25, -0.2) is 0 Å². The average molecular weight is 268 g/mol. The molecule has 1 heterocycles. The molecule has 0 fully saturated rings. The molecule has 1 N–H and O–H groups in total. The smallest absolute Gasteiger partial charge is 0.123 e. The van der Waals surface area contributed by atoms with Crippen molar-refractivity contribution < 1.29 is 4.74 Å². The lowest BCUT2D eigenvalue weighted by Crippen LogP contribution is -2.23. The Morgan fingerprint density at radius 3 is 2.80 bits per heavy atom. The minimum absolute atomic E-state index is 0.878. The highest BCUT2D eigenvalue weighted by Crippen LogP contribution is 2.30. The lowest BCUT2D eigenvalue weighted by Gasteiger charge is -2.25. The summed E-state index contributed by atoms with van der Waals surface area (Å²) in [6.07, 6.45) is 1.14. The summed E-state index contributed by atoms with van der Waals surface area (Å²) in [6, 6.07) is 16.8. The van der Waals surface area contributed by atoms with E-state index in [0.29, 0.717) is 0 Å². The highest BCUT2D eigenvalue weighted by atomic mass is 16.5. The summed E-state index contributed by atoms with van der Waals surface area (Å²) in [5.41, 5.74) is 3.72. The number of methoxy groups -OCH3 is 1. The van der Waals surface area contributed by atoms with Gasteiger partial charge in [-0.05, 0) is 24.6 Å². The largest absolute Gasteiger partial charge is 0.496 e. The summed E-state index contributed by atoms with van der Waals surface area (Å²) in [5.74, 6) is 0.960. The van der Waals surface area contributed by atoms with E-state index in [1.165, 1.54) is 16.9 Å². The van der Waals surface area contributed by atoms with Gasteiger partial charge in [-0.3, -0.25) is 0 Å². The average Bonchev–Trinajstić information content (AvgIpc) is 2.71. The molecule has 3 rings (SSSR count). The van der Waals surface area contributed by atoms with Crippen LogP contribution >= 0.6 is 0 Å². The maximum atomic E-state index is 5.46. The van der Waals surface area contributed by atoms with E-state index < -0.39 is 0 Å². The maximum Gasteiger partial charge on any atom is 0.123 e. The minimum Gasteiger partial charge on any atom is -0.496 e. The molecule has 0 bridgehead atoms. The molecule has 0 saturated carbocycles. The van der Waals surface area contributed by atoms with Crippen LogP contribution in [0.25, 0.3) is 0 Å². The fourth-order valence-electron chi connectivity index (χ4n) is 2.72. The highest BCUT2D eigenvalue weighted by Gasteiger charge is 2.15. The van der Waals surface area contributed by atoms with Crippen LogP contribution in [0.15, 0.2) is 48.5 Å². The fraction of sp³-hybridized carbons (Fsp3) is 0.294. The number of nitrogens with one attached hydrogen (secondary N) is 1. The van der Waals surface area contributed by atoms with Gasteiger partial charge in [0.05, 0.1) is 18.5 Å². The molecule has 0 radical (unpaired) electrons. The van der Waals surface area contributed by atoms with E-state index in [0.717, 1.165) is 31.8 Å². The number of nitrogens with zero attached hydrogens (tertiary/aromatic N) is 1. The van der Waals surface area contributed by atoms with Crippen molar-refractivity contribution in [3.63, 3.8) is 0 Å². The third-order valence-electron chi connectivity index (χ3n) is 3.72. The molecule has 0 aromatic heterocycles. The lowest BCUT2D eigenvalue weighted by atomic mass is 10.1. The molecule has 3 heteroatoms. The minimum atomic E-state index is 0.878. The number of benzene rings is 2. The summed E-state index contributed by atoms with van der Waals surface area (Å²) in [5, 5.41) is 3.50. The van der Waals surface area contributed by atoms with E-state index in [2.05, 4.69) is 46.6 Å². The van der Waals surface area contributed by atoms with Gasteiger partial charge in [0.15, 0.2) is 0 Å². The standard InChI is InChI=1S/C17H20N2O/c1-20-17-10-5-2-7-14(17)13-19-12-6-11-18-15-8-3-4-9-16(15)19/h2-5,7-10,18H,6,11-13H2,1H3. The van der Waals surface area contributed by atoms with Crippen molar-refractivity contribution in [3.05, 3.63) is 54.1 Å². The summed E-state index contributed by atoms with van der Waals surface area (Å²) >= 11 is 0. The van der Waals surface area contributed by atoms with E-state index in [4.69, 9.17) is 4.74 Å². The van der Waals surface area contributed by atoms with Gasteiger partial charge in [-0.1, -0.05) is 30.3 Å². The number of rotatable bonds is 3. The van der Waals surface area contributed by atoms with Gasteiger partial charge >= 0.3 is 0 Å². The fourth-order valence-corrected chi connectivity index (χ4v) is 2.72. The van der Waals surface area contributed by atoms with E-state index in [-0.39, 0.29) is 0 Å². The van der Waals surface area contributed by atoms with Crippen LogP contribution in [0.2, 0.25) is 0 Å². The van der Waals surface area contributed by atoms with Crippen LogP contribution in [-0.2, 0) is 6.54 Å². The number of hydrogen-bond donors (Lipinski definition) is 1. The molecule has 0 saturated heterocycles. The van der Waals surface area contributed by atoms with Gasteiger partial charge in [0, 0.05) is 25.2 Å². The van der Waals surface area contributed by atoms with Crippen molar-refractivity contribution in [1.29, 1.82) is 0 Å². The number of ether oxygens (including phenoxy) is 1. The Morgan fingerprint density at radius 2 is 1.90 bits per heavy atom. The number of hydrogen-bond acceptors (Lipinski definition) is 3. The summed E-state index contributed by atoms with van der Waals surface area (Å²) in [4.78, 5) is 2.42. The van der Waals surface area contributed by atoms with Gasteiger partial charge in [0.25, 0.3) is 0 Å². The quantitative estimate of drug-likeness (QED) is 0.921. The Kier molecular flexibility index (Phi) is 3.77. The Hall–Kier alpha value is -2.16. The first-order chi connectivity index (χ1) is 9.88. The Bertz CT molecular complexity index is 583. The van der Waals surface area contributed by atoms with Crippen molar-refractivity contribution in [1.82, 2.24) is 0 Å². The van der Waals surface area contributed by atoms with Gasteiger partial charge in [0.1, 0.15) is 5.75 Å². The van der Waals surface area contributed by atoms with Crippen molar-refractivity contribution in [2.45, 2.75) is 13.0 Å². The summed E-state index contributed by atoms with van der Waals surface area (Å²) < 4.78 is 5.46. The predicted molar refractivity (Wildman–Crippen MR) is 83.6 cm³/mol. The Balaban J connectivity index is 1.90. The molecular formula is C17H20N2O. The van der Waals surface area contributed by atoms with E-state index in [1.54, 1.807) is 7.11 Å². The van der Waals surface area contributed by atoms with Crippen LogP contribution in [0, 0.1) is 0 Å². The van der Waals surface area contributed by atoms with Crippen LogP contribution in [0.5, 0.6) is 5.75 Å². The van der Waals surface area contributed by atoms with Crippen molar-refractivity contribution in [2.24, 2.45) is 0 Å². The first kappa shape index (κ1) is 12.9. The molecule has 20 heavy (non-hydrogen) atoms. The van der Waals surface area contributed by atoms with Crippen LogP contribution in [0.4, 0.5) is 11.4 Å². The SMILES string of the molecule is COc1ccccc1CN1CCCNc2ccccc21. The van der Waals surface area contributed by atoms with Crippen molar-refractivity contribution >= 4 is 11.4 Å². The highest BCUT2D eigenvalue weighted by molar-refractivity contribution is 5.70. The van der Waals surface area contributed by atoms with Crippen molar-refractivity contribution in [3.8, 4) is 5.75 Å². The second-order valence-corrected chi connectivity index (χ2v) is 5.03. The zero-order valence-electron chi connectivity index (χ0n) is 11.8. The second kappa shape index (κ2) is 5.87. The first-order valence-corrected chi connectivity index (χ1v) is 7.08. The topological polar surface area (TPSA) is 24.5 Å². The maximum absolute atomic E-state index is 5.46. The third kappa shape index (κ3) is 2.57. The van der Waals surface area contributed by atoms with Crippen LogP contribution in [0.3, 0.4) is 0 Å². The number of fused-ring (bicyclic) bond motifs is 1. The summed E-state index contributed by atoms with van der Waals surface area (Å²) in [6.45, 7) is 2.96. The molecule has 0 spiro atoms. The zero-order valence-corrected chi connectivity index (χ0v) is 11.8. The van der Waals surface area contributed by atoms with Gasteiger partial charge in [-0.15, -0.1) is 0 Å². The van der Waals surface area contributed by atoms with Gasteiger partial charge in [-0.2, -0.15) is 0 Å². The number of para-hydroxylation sites is 3. The molecule has 0 unspecified atom stereocenters. The Morgan fingerprint density at radius 1 is 1.10 bits per heavy atom. The molecule has 3 nitrogen and oxygen atoms in total. The van der Waals surface area contributed by atoms with Crippen molar-refractivity contribution in [2.75, 3.05) is 30.4 Å². The normalized spacial score (nSPS) is 14.2. The first-order valence-electron chi connectivity index (χ1n) is 7.08. The molecule has 2 aromatic carbocycles. The van der Waals surface area contributed by atoms with Crippen LogP contribution < -0.4 is 15.0 Å². The van der Waals surface area contributed by atoms with E-state index in [1.807, 2.05) is 12.1 Å². The molecule has 1 aliphatic rings. The molecule has 0 aliphatic carbocycles. The zero-order chi connectivity index (χ0) is 13.8.